The molecule has 2 unspecified atom stereocenters. The molecule has 8 heteroatoms. The quantitative estimate of drug-likeness (QED) is 0.409. The van der Waals surface area contributed by atoms with Crippen LogP contribution in [-0.2, 0) is 6.54 Å². The summed E-state index contributed by atoms with van der Waals surface area (Å²) in [5.41, 5.74) is 2.68. The van der Waals surface area contributed by atoms with Crippen LogP contribution in [0, 0.1) is 0 Å². The predicted molar refractivity (Wildman–Crippen MR) is 129 cm³/mol. The molecule has 31 heavy (non-hydrogen) atoms. The molecule has 6 rings (SSSR count). The van der Waals surface area contributed by atoms with Gasteiger partial charge in [-0.15, -0.1) is 0 Å². The number of nitrogens with zero attached hydrogens (tertiary/aromatic N) is 3. The second-order valence-corrected chi connectivity index (χ2v) is 10.7. The molecule has 4 fully saturated rings. The lowest BCUT2D eigenvalue weighted by atomic mass is 9.77. The zero-order valence-corrected chi connectivity index (χ0v) is 20.2. The number of hydrogen-bond acceptors (Lipinski definition) is 5. The Labute approximate surface area is 197 Å². The highest BCUT2D eigenvalue weighted by Gasteiger charge is 2.46. The van der Waals surface area contributed by atoms with Gasteiger partial charge < -0.3 is 14.7 Å². The largest absolute Gasteiger partial charge is 0.360 e. The van der Waals surface area contributed by atoms with Gasteiger partial charge in [0.2, 0.25) is 0 Å². The van der Waals surface area contributed by atoms with Crippen molar-refractivity contribution >= 4 is 40.1 Å². The Balaban J connectivity index is 1.31. The number of amidine groups is 1. The lowest BCUT2D eigenvalue weighted by Gasteiger charge is -2.56. The molecule has 3 heterocycles. The van der Waals surface area contributed by atoms with Crippen LogP contribution in [0.15, 0.2) is 27.7 Å². The van der Waals surface area contributed by atoms with Crippen molar-refractivity contribution in [2.45, 2.75) is 69.6 Å². The molecule has 2 aliphatic heterocycles. The van der Waals surface area contributed by atoms with Gasteiger partial charge in [0.05, 0.1) is 10.0 Å². The maximum Gasteiger partial charge on any atom is 0.159 e. The highest BCUT2D eigenvalue weighted by atomic mass is 35.5. The molecule has 1 aromatic carbocycles. The number of aliphatic imine (C=N–C) groups is 1. The zero-order chi connectivity index (χ0) is 21.5. The summed E-state index contributed by atoms with van der Waals surface area (Å²) in [6.07, 6.45) is 5.89. The minimum Gasteiger partial charge on any atom is -0.360 e. The summed E-state index contributed by atoms with van der Waals surface area (Å²) in [5.74, 6) is 2.54. The van der Waals surface area contributed by atoms with Crippen LogP contribution in [0.25, 0.3) is 11.3 Å². The van der Waals surface area contributed by atoms with Gasteiger partial charge in [-0.05, 0) is 50.0 Å². The van der Waals surface area contributed by atoms with Gasteiger partial charge in [0, 0.05) is 48.8 Å². The third-order valence-corrected chi connectivity index (χ3v) is 8.23. The van der Waals surface area contributed by atoms with Crippen molar-refractivity contribution in [3.8, 4) is 11.3 Å². The van der Waals surface area contributed by atoms with E-state index in [-0.39, 0.29) is 0 Å². The molecule has 1 aromatic heterocycles. The van der Waals surface area contributed by atoms with Gasteiger partial charge >= 0.3 is 0 Å². The first-order valence-electron chi connectivity index (χ1n) is 11.1. The van der Waals surface area contributed by atoms with Crippen LogP contribution in [0.3, 0.4) is 0 Å². The second-order valence-electron chi connectivity index (χ2n) is 8.68. The average Bonchev–Trinajstić information content (AvgIpc) is 3.52. The van der Waals surface area contributed by atoms with Crippen LogP contribution in [0.5, 0.6) is 0 Å². The molecule has 166 valence electrons. The number of fused-ring (bicyclic) bond motifs is 2. The van der Waals surface area contributed by atoms with Gasteiger partial charge in [-0.3, -0.25) is 4.99 Å². The van der Waals surface area contributed by atoms with E-state index < -0.39 is 0 Å². The average molecular weight is 479 g/mol. The third-order valence-electron chi connectivity index (χ3n) is 6.66. The summed E-state index contributed by atoms with van der Waals surface area (Å²) >= 11 is 14.8. The van der Waals surface area contributed by atoms with Gasteiger partial charge in [0.1, 0.15) is 11.5 Å². The van der Waals surface area contributed by atoms with E-state index in [0.29, 0.717) is 34.1 Å². The predicted octanol–water partition coefficient (Wildman–Crippen LogP) is 5.96. The molecule has 5 nitrogen and oxygen atoms in total. The van der Waals surface area contributed by atoms with Crippen LogP contribution < -0.4 is 5.32 Å². The molecule has 1 N–H and O–H groups in total. The Kier molecular flexibility index (Phi) is 6.26. The number of rotatable bonds is 6. The highest BCUT2D eigenvalue weighted by Crippen LogP contribution is 2.46. The Morgan fingerprint density at radius 3 is 2.55 bits per heavy atom. The Morgan fingerprint density at radius 2 is 1.94 bits per heavy atom. The Hall–Kier alpha value is -1.21. The highest BCUT2D eigenvalue weighted by molar-refractivity contribution is 8.13. The van der Waals surface area contributed by atoms with E-state index in [1.165, 1.54) is 11.6 Å². The first kappa shape index (κ1) is 21.6. The first-order chi connectivity index (χ1) is 15.1. The summed E-state index contributed by atoms with van der Waals surface area (Å²) in [5, 5.41) is 10.6. The van der Waals surface area contributed by atoms with Crippen molar-refractivity contribution in [3.05, 3.63) is 39.6 Å². The normalized spacial score (nSPS) is 25.6. The molecule has 2 aromatic rings. The fourth-order valence-electron chi connectivity index (χ4n) is 5.06. The summed E-state index contributed by atoms with van der Waals surface area (Å²) in [4.78, 5) is 7.07. The molecule has 2 aliphatic carbocycles. The monoisotopic (exact) mass is 478 g/mol. The zero-order valence-electron chi connectivity index (χ0n) is 17.9. The fourth-order valence-corrected chi connectivity index (χ4v) is 6.47. The summed E-state index contributed by atoms with van der Waals surface area (Å²) in [6.45, 7) is 2.92. The van der Waals surface area contributed by atoms with Crippen LogP contribution in [0.2, 0.25) is 10.0 Å². The van der Waals surface area contributed by atoms with Crippen LogP contribution in [0.1, 0.15) is 56.3 Å². The Morgan fingerprint density at radius 1 is 1.23 bits per heavy atom. The SMILES string of the molecule is CCSC(=NC)N1C2CC(NCc3c(-c4c(Cl)cccc4Cl)noc3C3CC3)CC1C2. The van der Waals surface area contributed by atoms with E-state index in [4.69, 9.17) is 27.7 Å². The number of hydrogen-bond donors (Lipinski definition) is 1. The number of nitrogens with one attached hydrogen (secondary N) is 1. The summed E-state index contributed by atoms with van der Waals surface area (Å²) in [6, 6.07) is 7.25. The summed E-state index contributed by atoms with van der Waals surface area (Å²) in [7, 11) is 1.91. The van der Waals surface area contributed by atoms with Crippen molar-refractivity contribution in [2.24, 2.45) is 4.99 Å². The molecule has 0 amide bonds. The van der Waals surface area contributed by atoms with Crippen molar-refractivity contribution in [1.82, 2.24) is 15.4 Å². The van der Waals surface area contributed by atoms with E-state index >= 15 is 0 Å². The number of benzene rings is 1. The number of halogens is 2. The van der Waals surface area contributed by atoms with E-state index in [0.717, 1.165) is 60.6 Å². The van der Waals surface area contributed by atoms with E-state index in [9.17, 15) is 0 Å². The number of aromatic nitrogens is 1. The lowest BCUT2D eigenvalue weighted by Crippen LogP contribution is -2.65. The van der Waals surface area contributed by atoms with Crippen molar-refractivity contribution < 1.29 is 4.52 Å². The molecular formula is C23H28Cl2N4OS. The maximum atomic E-state index is 6.49. The number of thioether (sulfide) groups is 1. The van der Waals surface area contributed by atoms with Gasteiger partial charge in [0.25, 0.3) is 0 Å². The maximum absolute atomic E-state index is 6.49. The molecule has 4 aliphatic rings. The molecular weight excluding hydrogens is 451 g/mol. The van der Waals surface area contributed by atoms with Crippen molar-refractivity contribution in [1.29, 1.82) is 0 Å². The van der Waals surface area contributed by atoms with Gasteiger partial charge in [-0.1, -0.05) is 53.1 Å². The minimum atomic E-state index is 0.476. The smallest absolute Gasteiger partial charge is 0.159 e. The van der Waals surface area contributed by atoms with Gasteiger partial charge in [-0.25, -0.2) is 0 Å². The lowest BCUT2D eigenvalue weighted by molar-refractivity contribution is 0.0240. The van der Waals surface area contributed by atoms with Crippen LogP contribution in [0.4, 0.5) is 0 Å². The minimum absolute atomic E-state index is 0.476. The van der Waals surface area contributed by atoms with Gasteiger partial charge in [0.15, 0.2) is 5.17 Å². The number of piperidine rings is 1. The first-order valence-corrected chi connectivity index (χ1v) is 12.9. The van der Waals surface area contributed by atoms with Crippen molar-refractivity contribution in [3.63, 3.8) is 0 Å². The molecule has 2 saturated carbocycles. The molecule has 2 atom stereocenters. The fraction of sp³-hybridized carbons (Fsp3) is 0.565. The molecule has 2 saturated heterocycles. The third kappa shape index (κ3) is 4.12. The van der Waals surface area contributed by atoms with E-state index in [1.807, 2.05) is 37.0 Å². The molecule has 2 bridgehead atoms. The standard InChI is InChI=1S/C23H28Cl2N4OS/c1-3-31-23(26-2)29-15-9-14(10-16(29)11-15)27-12-17-21(28-30-22(17)13-7-8-13)20-18(24)5-4-6-19(20)25/h4-6,13-16,27H,3,7-12H2,1-2H3. The van der Waals surface area contributed by atoms with E-state index in [1.54, 1.807) is 0 Å². The Bertz CT molecular complexity index is 958. The molecule has 0 radical (unpaired) electrons. The van der Waals surface area contributed by atoms with Gasteiger partial charge in [-0.2, -0.15) is 0 Å². The van der Waals surface area contributed by atoms with Crippen LogP contribution in [-0.4, -0.2) is 46.2 Å². The van der Waals surface area contributed by atoms with Crippen LogP contribution >= 0.6 is 35.0 Å². The second kappa shape index (κ2) is 8.97. The van der Waals surface area contributed by atoms with Crippen molar-refractivity contribution in [2.75, 3.05) is 12.8 Å². The van der Waals surface area contributed by atoms with E-state index in [2.05, 4.69) is 27.3 Å². The summed E-state index contributed by atoms with van der Waals surface area (Å²) < 4.78 is 5.81. The topological polar surface area (TPSA) is 53.7 Å². The molecule has 0 spiro atoms.